The highest BCUT2D eigenvalue weighted by atomic mass is 16.5. The number of aromatic nitrogens is 2. The van der Waals surface area contributed by atoms with Gasteiger partial charge in [0.25, 0.3) is 11.8 Å². The molecular weight excluding hydrogens is 322 g/mol. The number of benzene rings is 1. The lowest BCUT2D eigenvalue weighted by molar-refractivity contribution is 0.0887. The van der Waals surface area contributed by atoms with Gasteiger partial charge in [-0.15, -0.1) is 0 Å². The summed E-state index contributed by atoms with van der Waals surface area (Å²) < 4.78 is 9.89. The van der Waals surface area contributed by atoms with E-state index < -0.39 is 11.9 Å². The summed E-state index contributed by atoms with van der Waals surface area (Å²) in [6.45, 7) is 3.90. The summed E-state index contributed by atoms with van der Waals surface area (Å²) >= 11 is 0. The van der Waals surface area contributed by atoms with Crippen LogP contribution in [0.2, 0.25) is 0 Å². The van der Waals surface area contributed by atoms with Crippen molar-refractivity contribution < 1.29 is 19.2 Å². The third kappa shape index (κ3) is 3.26. The smallest absolute Gasteiger partial charge is 0.290 e. The summed E-state index contributed by atoms with van der Waals surface area (Å²) in [4.78, 5) is 16.7. The molecule has 0 fully saturated rings. The fraction of sp³-hybridized carbons (Fsp3) is 0.278. The molecule has 2 aromatic heterocycles. The highest BCUT2D eigenvalue weighted by molar-refractivity contribution is 5.92. The minimum absolute atomic E-state index is 0.0285. The first kappa shape index (κ1) is 16.8. The van der Waals surface area contributed by atoms with Crippen LogP contribution in [0.5, 0.6) is 11.6 Å². The number of pyridine rings is 1. The number of rotatable bonds is 5. The number of amides is 1. The van der Waals surface area contributed by atoms with Crippen molar-refractivity contribution in [1.29, 1.82) is 0 Å². The van der Waals surface area contributed by atoms with Crippen LogP contribution in [0.3, 0.4) is 0 Å². The molecule has 0 aliphatic heterocycles. The molecule has 7 heteroatoms. The van der Waals surface area contributed by atoms with Crippen molar-refractivity contribution in [2.45, 2.75) is 19.9 Å². The van der Waals surface area contributed by atoms with Gasteiger partial charge in [0.05, 0.1) is 19.2 Å². The maximum Gasteiger partial charge on any atom is 0.290 e. The van der Waals surface area contributed by atoms with Crippen molar-refractivity contribution in [2.75, 3.05) is 7.11 Å². The van der Waals surface area contributed by atoms with E-state index in [1.165, 1.54) is 13.2 Å². The highest BCUT2D eigenvalue weighted by Crippen LogP contribution is 2.34. The number of carbonyl (C=O) groups is 1. The molecule has 1 atom stereocenters. The van der Waals surface area contributed by atoms with Crippen LogP contribution < -0.4 is 10.1 Å². The van der Waals surface area contributed by atoms with Gasteiger partial charge in [-0.1, -0.05) is 32.0 Å². The number of ether oxygens (including phenoxy) is 1. The zero-order valence-electron chi connectivity index (χ0n) is 14.2. The van der Waals surface area contributed by atoms with E-state index in [1.54, 1.807) is 18.3 Å². The molecule has 1 amide bonds. The number of nitrogens with one attached hydrogen (secondary N) is 1. The Morgan fingerprint density at radius 1 is 1.32 bits per heavy atom. The first-order chi connectivity index (χ1) is 12.0. The van der Waals surface area contributed by atoms with Crippen molar-refractivity contribution in [1.82, 2.24) is 15.5 Å². The molecule has 25 heavy (non-hydrogen) atoms. The Hall–Kier alpha value is -3.09. The molecule has 3 rings (SSSR count). The number of aromatic hydroxyl groups is 1. The van der Waals surface area contributed by atoms with E-state index in [4.69, 9.17) is 9.26 Å². The van der Waals surface area contributed by atoms with Crippen LogP contribution in [-0.2, 0) is 0 Å². The van der Waals surface area contributed by atoms with Gasteiger partial charge in [0, 0.05) is 17.1 Å². The first-order valence-electron chi connectivity index (χ1n) is 7.89. The maximum atomic E-state index is 12.4. The Morgan fingerprint density at radius 2 is 2.12 bits per heavy atom. The van der Waals surface area contributed by atoms with Crippen LogP contribution >= 0.6 is 0 Å². The number of phenolic OH excluding ortho intramolecular Hbond substituents is 1. The number of carbonyl (C=O) groups excluding carboxylic acids is 1. The number of hydrogen-bond acceptors (Lipinski definition) is 6. The van der Waals surface area contributed by atoms with Gasteiger partial charge < -0.3 is 19.7 Å². The Kier molecular flexibility index (Phi) is 4.56. The van der Waals surface area contributed by atoms with Crippen molar-refractivity contribution in [3.05, 3.63) is 47.9 Å². The topological polar surface area (TPSA) is 97.5 Å². The lowest BCUT2D eigenvalue weighted by atomic mass is 9.94. The fourth-order valence-electron chi connectivity index (χ4n) is 2.67. The van der Waals surface area contributed by atoms with Crippen molar-refractivity contribution in [2.24, 2.45) is 5.92 Å². The Bertz CT molecular complexity index is 904. The molecule has 1 unspecified atom stereocenters. The van der Waals surface area contributed by atoms with E-state index >= 15 is 0 Å². The summed E-state index contributed by atoms with van der Waals surface area (Å²) in [5, 5.41) is 18.0. The van der Waals surface area contributed by atoms with E-state index in [9.17, 15) is 9.90 Å². The van der Waals surface area contributed by atoms with Crippen LogP contribution in [0.15, 0.2) is 41.1 Å². The van der Waals surface area contributed by atoms with Gasteiger partial charge in [0.1, 0.15) is 11.3 Å². The minimum Gasteiger partial charge on any atom is -0.505 e. The Morgan fingerprint density at radius 3 is 2.80 bits per heavy atom. The molecule has 0 spiro atoms. The average molecular weight is 341 g/mol. The van der Waals surface area contributed by atoms with E-state index in [-0.39, 0.29) is 23.3 Å². The number of fused-ring (bicyclic) bond motifs is 1. The number of methoxy groups -OCH3 is 1. The van der Waals surface area contributed by atoms with Gasteiger partial charge in [-0.05, 0) is 17.1 Å². The third-order valence-corrected chi connectivity index (χ3v) is 3.99. The summed E-state index contributed by atoms with van der Waals surface area (Å²) in [7, 11) is 1.44. The SMILES string of the molecule is COc1cc(C(=O)NC(c2ccc3cccnc3c2O)C(C)C)on1. The van der Waals surface area contributed by atoms with Crippen LogP contribution in [0, 0.1) is 5.92 Å². The van der Waals surface area contributed by atoms with Gasteiger partial charge in [-0.3, -0.25) is 9.78 Å². The lowest BCUT2D eigenvalue weighted by Crippen LogP contribution is -2.31. The standard InChI is InChI=1S/C18H19N3O4/c1-10(2)15(20-18(23)13-9-14(24-3)21-25-13)12-7-6-11-5-4-8-19-16(11)17(12)22/h4-10,15,22H,1-3H3,(H,20,23). The van der Waals surface area contributed by atoms with Gasteiger partial charge >= 0.3 is 0 Å². The Balaban J connectivity index is 1.93. The Labute approximate surface area is 144 Å². The third-order valence-electron chi connectivity index (χ3n) is 3.99. The predicted octanol–water partition coefficient (Wildman–Crippen LogP) is 3.06. The normalized spacial score (nSPS) is 12.3. The molecule has 0 bridgehead atoms. The van der Waals surface area contributed by atoms with Crippen molar-refractivity contribution in [3.8, 4) is 11.6 Å². The van der Waals surface area contributed by atoms with Crippen molar-refractivity contribution in [3.63, 3.8) is 0 Å². The van der Waals surface area contributed by atoms with Crippen LogP contribution in [-0.4, -0.2) is 28.3 Å². The second-order valence-electron chi connectivity index (χ2n) is 6.01. The average Bonchev–Trinajstić information content (AvgIpc) is 3.10. The quantitative estimate of drug-likeness (QED) is 0.740. The molecule has 7 nitrogen and oxygen atoms in total. The maximum absolute atomic E-state index is 12.4. The predicted molar refractivity (Wildman–Crippen MR) is 91.5 cm³/mol. The molecule has 0 radical (unpaired) electrons. The van der Waals surface area contributed by atoms with Crippen LogP contribution in [0.1, 0.15) is 36.0 Å². The van der Waals surface area contributed by atoms with Crippen molar-refractivity contribution >= 4 is 16.8 Å². The molecule has 3 aromatic rings. The molecule has 0 aliphatic carbocycles. The zero-order chi connectivity index (χ0) is 18.0. The van der Waals surface area contributed by atoms with Gasteiger partial charge in [0.2, 0.25) is 5.76 Å². The number of hydrogen-bond donors (Lipinski definition) is 2. The molecule has 1 aromatic carbocycles. The molecular formula is C18H19N3O4. The molecule has 2 heterocycles. The minimum atomic E-state index is -0.435. The first-order valence-corrected chi connectivity index (χ1v) is 7.89. The highest BCUT2D eigenvalue weighted by Gasteiger charge is 2.25. The van der Waals surface area contributed by atoms with E-state index in [2.05, 4.69) is 15.5 Å². The van der Waals surface area contributed by atoms with Crippen LogP contribution in [0.4, 0.5) is 0 Å². The van der Waals surface area contributed by atoms with Crippen LogP contribution in [0.25, 0.3) is 10.9 Å². The summed E-state index contributed by atoms with van der Waals surface area (Å²) in [5.74, 6) is -0.0759. The zero-order valence-corrected chi connectivity index (χ0v) is 14.2. The molecule has 130 valence electrons. The second kappa shape index (κ2) is 6.80. The van der Waals surface area contributed by atoms with Gasteiger partial charge in [-0.2, -0.15) is 0 Å². The fourth-order valence-corrected chi connectivity index (χ4v) is 2.67. The molecule has 2 N–H and O–H groups in total. The number of phenols is 1. The monoisotopic (exact) mass is 341 g/mol. The molecule has 0 saturated carbocycles. The largest absolute Gasteiger partial charge is 0.505 e. The summed E-state index contributed by atoms with van der Waals surface area (Å²) in [5.41, 5.74) is 1.10. The summed E-state index contributed by atoms with van der Waals surface area (Å²) in [6, 6.07) is 8.33. The number of nitrogens with zero attached hydrogens (tertiary/aromatic N) is 2. The molecule has 0 saturated heterocycles. The second-order valence-corrected chi connectivity index (χ2v) is 6.01. The van der Waals surface area contributed by atoms with E-state index in [1.807, 2.05) is 26.0 Å². The lowest BCUT2D eigenvalue weighted by Gasteiger charge is -2.23. The molecule has 0 aliphatic rings. The van der Waals surface area contributed by atoms with Gasteiger partial charge in [-0.25, -0.2) is 0 Å². The summed E-state index contributed by atoms with van der Waals surface area (Å²) in [6.07, 6.45) is 1.62. The van der Waals surface area contributed by atoms with Gasteiger partial charge in [0.15, 0.2) is 0 Å². The van der Waals surface area contributed by atoms with E-state index in [0.29, 0.717) is 11.1 Å². The van der Waals surface area contributed by atoms with E-state index in [0.717, 1.165) is 5.39 Å².